The van der Waals surface area contributed by atoms with Crippen molar-refractivity contribution in [1.29, 1.82) is 0 Å². The van der Waals surface area contributed by atoms with Crippen molar-refractivity contribution in [2.24, 2.45) is 0 Å². The van der Waals surface area contributed by atoms with Gasteiger partial charge in [0.25, 0.3) is 5.91 Å². The van der Waals surface area contributed by atoms with Crippen LogP contribution in [0.3, 0.4) is 0 Å². The minimum atomic E-state index is -0.0599. The van der Waals surface area contributed by atoms with E-state index in [1.807, 2.05) is 36.5 Å². The fraction of sp³-hybridized carbons (Fsp3) is 0.588. The number of carbonyl (C=O) groups excluding carboxylic acids is 1. The van der Waals surface area contributed by atoms with Gasteiger partial charge >= 0.3 is 0 Å². The molecule has 1 amide bonds. The predicted octanol–water partition coefficient (Wildman–Crippen LogP) is 1.89. The molecule has 128 valence electrons. The third-order valence-corrected chi connectivity index (χ3v) is 4.97. The van der Waals surface area contributed by atoms with Crippen LogP contribution in [0.1, 0.15) is 60.4 Å². The van der Waals surface area contributed by atoms with Gasteiger partial charge in [-0.25, -0.2) is 4.98 Å². The lowest BCUT2D eigenvalue weighted by atomic mass is 9.96. The van der Waals surface area contributed by atoms with Crippen LogP contribution in [-0.4, -0.2) is 49.7 Å². The molecule has 2 atom stereocenters. The molecule has 7 nitrogen and oxygen atoms in total. The zero-order chi connectivity index (χ0) is 16.8. The number of ether oxygens (including phenoxy) is 1. The summed E-state index contributed by atoms with van der Waals surface area (Å²) in [5, 5.41) is 4.64. The Balaban J connectivity index is 1.59. The molecular weight excluding hydrogens is 306 g/mol. The van der Waals surface area contributed by atoms with Crippen molar-refractivity contribution in [2.45, 2.75) is 51.9 Å². The van der Waals surface area contributed by atoms with Gasteiger partial charge in [-0.15, -0.1) is 0 Å². The van der Waals surface area contributed by atoms with Gasteiger partial charge in [0, 0.05) is 44.0 Å². The molecule has 4 rings (SSSR count). The maximum atomic E-state index is 13.1. The first kappa shape index (κ1) is 15.4. The van der Waals surface area contributed by atoms with Crippen LogP contribution in [0.2, 0.25) is 0 Å². The van der Waals surface area contributed by atoms with Gasteiger partial charge in [0.15, 0.2) is 0 Å². The van der Waals surface area contributed by atoms with E-state index in [1.54, 1.807) is 6.20 Å². The first-order valence-corrected chi connectivity index (χ1v) is 8.62. The number of imidazole rings is 1. The molecule has 0 spiro atoms. The number of aromatic amines is 1. The molecule has 24 heavy (non-hydrogen) atoms. The summed E-state index contributed by atoms with van der Waals surface area (Å²) in [7, 11) is 0. The average molecular weight is 329 g/mol. The molecule has 0 unspecified atom stereocenters. The summed E-state index contributed by atoms with van der Waals surface area (Å²) in [6.45, 7) is 8.17. The normalized spacial score (nSPS) is 23.9. The van der Waals surface area contributed by atoms with E-state index in [9.17, 15) is 4.79 Å². The summed E-state index contributed by atoms with van der Waals surface area (Å²) >= 11 is 0. The molecule has 1 N–H and O–H groups in total. The summed E-state index contributed by atoms with van der Waals surface area (Å²) in [6.07, 6.45) is 4.38. The molecule has 4 heterocycles. The van der Waals surface area contributed by atoms with E-state index in [2.05, 4.69) is 15.1 Å². The van der Waals surface area contributed by atoms with E-state index in [0.717, 1.165) is 29.2 Å². The second-order valence-electron chi connectivity index (χ2n) is 6.70. The number of fused-ring (bicyclic) bond motifs is 1. The monoisotopic (exact) mass is 329 g/mol. The van der Waals surface area contributed by atoms with Crippen molar-refractivity contribution in [1.82, 2.24) is 24.6 Å². The molecule has 0 aliphatic carbocycles. The van der Waals surface area contributed by atoms with Crippen LogP contribution in [-0.2, 0) is 17.7 Å². The summed E-state index contributed by atoms with van der Waals surface area (Å²) in [5.41, 5.74) is 2.73. The van der Waals surface area contributed by atoms with E-state index in [-0.39, 0.29) is 18.1 Å². The molecule has 7 heteroatoms. The quantitative estimate of drug-likeness (QED) is 0.933. The molecule has 1 fully saturated rings. The Hall–Kier alpha value is -2.15. The van der Waals surface area contributed by atoms with Gasteiger partial charge in [-0.1, -0.05) is 0 Å². The van der Waals surface area contributed by atoms with Crippen LogP contribution < -0.4 is 0 Å². The van der Waals surface area contributed by atoms with Crippen LogP contribution in [0.15, 0.2) is 12.4 Å². The molecule has 0 radical (unpaired) electrons. The first-order valence-electron chi connectivity index (χ1n) is 8.62. The third-order valence-electron chi connectivity index (χ3n) is 4.97. The number of hydrogen-bond donors (Lipinski definition) is 1. The standard InChI is InChI=1S/C17H23N5O2/c1-4-22-15(13-7-10(2)24-11(3)14(13)20-22)17(23)21-8-12(9-21)16-18-5-6-19-16/h5-6,10-12H,4,7-9H2,1-3H3,(H,18,19)/t10-,11+/m0/s1. The lowest BCUT2D eigenvalue weighted by Crippen LogP contribution is -2.49. The van der Waals surface area contributed by atoms with E-state index in [0.29, 0.717) is 25.6 Å². The summed E-state index contributed by atoms with van der Waals surface area (Å²) in [4.78, 5) is 22.4. The van der Waals surface area contributed by atoms with Crippen LogP contribution in [0.5, 0.6) is 0 Å². The fourth-order valence-electron chi connectivity index (χ4n) is 3.73. The fourth-order valence-corrected chi connectivity index (χ4v) is 3.73. The predicted molar refractivity (Wildman–Crippen MR) is 87.8 cm³/mol. The highest BCUT2D eigenvalue weighted by Crippen LogP contribution is 2.33. The lowest BCUT2D eigenvalue weighted by molar-refractivity contribution is -0.00719. The van der Waals surface area contributed by atoms with Crippen molar-refractivity contribution in [3.8, 4) is 0 Å². The Morgan fingerprint density at radius 2 is 2.21 bits per heavy atom. The zero-order valence-corrected chi connectivity index (χ0v) is 14.3. The second kappa shape index (κ2) is 5.73. The van der Waals surface area contributed by atoms with Gasteiger partial charge in [0.1, 0.15) is 11.5 Å². The van der Waals surface area contributed by atoms with Gasteiger partial charge in [-0.2, -0.15) is 5.10 Å². The highest BCUT2D eigenvalue weighted by atomic mass is 16.5. The topological polar surface area (TPSA) is 76.0 Å². The second-order valence-corrected chi connectivity index (χ2v) is 6.70. The molecule has 1 saturated heterocycles. The van der Waals surface area contributed by atoms with Crippen LogP contribution in [0.25, 0.3) is 0 Å². The summed E-state index contributed by atoms with van der Waals surface area (Å²) in [6, 6.07) is 0. The average Bonchev–Trinajstić information content (AvgIpc) is 3.12. The summed E-state index contributed by atoms with van der Waals surface area (Å²) < 4.78 is 7.70. The molecular formula is C17H23N5O2. The molecule has 2 aliphatic rings. The van der Waals surface area contributed by atoms with E-state index >= 15 is 0 Å². The zero-order valence-electron chi connectivity index (χ0n) is 14.3. The number of aryl methyl sites for hydroxylation is 1. The van der Waals surface area contributed by atoms with Gasteiger partial charge in [0.05, 0.1) is 23.8 Å². The Morgan fingerprint density at radius 1 is 1.42 bits per heavy atom. The number of aromatic nitrogens is 4. The molecule has 2 aliphatic heterocycles. The number of nitrogens with one attached hydrogen (secondary N) is 1. The number of amides is 1. The SMILES string of the molecule is CCn1nc2c(c1C(=O)N1CC(c3ncc[nH]3)C1)C[C@H](C)O[C@@H]2C. The van der Waals surface area contributed by atoms with Crippen LogP contribution in [0.4, 0.5) is 0 Å². The minimum absolute atomic E-state index is 0.0599. The number of carbonyl (C=O) groups is 1. The number of rotatable bonds is 3. The van der Waals surface area contributed by atoms with Gasteiger partial charge in [-0.3, -0.25) is 9.48 Å². The van der Waals surface area contributed by atoms with Crippen molar-refractivity contribution >= 4 is 5.91 Å². The smallest absolute Gasteiger partial charge is 0.272 e. The third kappa shape index (κ3) is 2.34. The van der Waals surface area contributed by atoms with Crippen molar-refractivity contribution in [2.75, 3.05) is 13.1 Å². The highest BCUT2D eigenvalue weighted by molar-refractivity contribution is 5.95. The molecule has 2 aromatic heterocycles. The molecule has 0 bridgehead atoms. The molecule has 2 aromatic rings. The molecule has 0 saturated carbocycles. The number of nitrogens with zero attached hydrogens (tertiary/aromatic N) is 4. The Labute approximate surface area is 141 Å². The van der Waals surface area contributed by atoms with Crippen molar-refractivity contribution in [3.05, 3.63) is 35.2 Å². The number of H-pyrrole nitrogens is 1. The Kier molecular flexibility index (Phi) is 3.68. The Bertz CT molecular complexity index is 745. The van der Waals surface area contributed by atoms with Gasteiger partial charge < -0.3 is 14.6 Å². The maximum absolute atomic E-state index is 13.1. The van der Waals surface area contributed by atoms with Crippen LogP contribution >= 0.6 is 0 Å². The van der Waals surface area contributed by atoms with E-state index < -0.39 is 0 Å². The number of likely N-dealkylation sites (tertiary alicyclic amines) is 1. The van der Waals surface area contributed by atoms with Gasteiger partial charge in [-0.05, 0) is 20.8 Å². The van der Waals surface area contributed by atoms with E-state index in [1.165, 1.54) is 0 Å². The van der Waals surface area contributed by atoms with E-state index in [4.69, 9.17) is 4.74 Å². The number of hydrogen-bond acceptors (Lipinski definition) is 4. The minimum Gasteiger partial charge on any atom is -0.369 e. The molecule has 0 aromatic carbocycles. The lowest BCUT2D eigenvalue weighted by Gasteiger charge is -2.38. The van der Waals surface area contributed by atoms with Crippen LogP contribution in [0, 0.1) is 0 Å². The van der Waals surface area contributed by atoms with Crippen molar-refractivity contribution < 1.29 is 9.53 Å². The highest BCUT2D eigenvalue weighted by Gasteiger charge is 2.38. The first-order chi connectivity index (χ1) is 11.6. The Morgan fingerprint density at radius 3 is 2.88 bits per heavy atom. The van der Waals surface area contributed by atoms with Crippen molar-refractivity contribution in [3.63, 3.8) is 0 Å². The van der Waals surface area contributed by atoms with Gasteiger partial charge in [0.2, 0.25) is 0 Å². The maximum Gasteiger partial charge on any atom is 0.272 e. The largest absolute Gasteiger partial charge is 0.369 e. The summed E-state index contributed by atoms with van der Waals surface area (Å²) in [5.74, 6) is 1.34.